The zero-order chi connectivity index (χ0) is 18.4. The van der Waals surface area contributed by atoms with E-state index >= 15 is 0 Å². The zero-order valence-corrected chi connectivity index (χ0v) is 14.1. The number of phenols is 3. The van der Waals surface area contributed by atoms with Crippen molar-refractivity contribution in [2.24, 2.45) is 11.8 Å². The summed E-state index contributed by atoms with van der Waals surface area (Å²) in [4.78, 5) is 0. The van der Waals surface area contributed by atoms with Crippen molar-refractivity contribution in [2.75, 3.05) is 20.3 Å². The van der Waals surface area contributed by atoms with E-state index in [9.17, 15) is 25.5 Å². The number of hydrogen-bond donors (Lipinski definition) is 5. The van der Waals surface area contributed by atoms with Crippen LogP contribution in [0.2, 0.25) is 0 Å². The van der Waals surface area contributed by atoms with Crippen LogP contribution in [0.3, 0.4) is 0 Å². The summed E-state index contributed by atoms with van der Waals surface area (Å²) in [5.74, 6) is -0.440. The maximum atomic E-state index is 9.77. The van der Waals surface area contributed by atoms with Crippen molar-refractivity contribution in [3.63, 3.8) is 0 Å². The summed E-state index contributed by atoms with van der Waals surface area (Å²) in [5.41, 5.74) is 1.64. The minimum Gasteiger partial charge on any atom is -0.504 e. The van der Waals surface area contributed by atoms with Crippen LogP contribution in [0.15, 0.2) is 36.4 Å². The van der Waals surface area contributed by atoms with Crippen LogP contribution in [0.5, 0.6) is 23.0 Å². The van der Waals surface area contributed by atoms with Crippen LogP contribution in [-0.2, 0) is 12.8 Å². The van der Waals surface area contributed by atoms with Gasteiger partial charge in [0.05, 0.1) is 7.11 Å². The molecule has 0 bridgehead atoms. The first-order chi connectivity index (χ1) is 12.0. The first-order valence-corrected chi connectivity index (χ1v) is 8.07. The van der Waals surface area contributed by atoms with Crippen molar-refractivity contribution in [2.45, 2.75) is 12.8 Å². The van der Waals surface area contributed by atoms with E-state index in [1.165, 1.54) is 25.3 Å². The molecule has 0 saturated carbocycles. The summed E-state index contributed by atoms with van der Waals surface area (Å²) in [6.07, 6.45) is 0.952. The Labute approximate surface area is 146 Å². The molecule has 0 aliphatic rings. The van der Waals surface area contributed by atoms with Crippen LogP contribution < -0.4 is 4.74 Å². The molecule has 0 amide bonds. The van der Waals surface area contributed by atoms with Gasteiger partial charge < -0.3 is 30.3 Å². The summed E-state index contributed by atoms with van der Waals surface area (Å²) >= 11 is 0. The predicted octanol–water partition coefficient (Wildman–Crippen LogP) is 1.81. The van der Waals surface area contributed by atoms with Crippen molar-refractivity contribution < 1.29 is 30.3 Å². The Morgan fingerprint density at radius 1 is 0.760 bits per heavy atom. The average Bonchev–Trinajstić information content (AvgIpc) is 2.62. The third-order valence-electron chi connectivity index (χ3n) is 4.42. The largest absolute Gasteiger partial charge is 0.504 e. The van der Waals surface area contributed by atoms with Gasteiger partial charge in [-0.3, -0.25) is 0 Å². The summed E-state index contributed by atoms with van der Waals surface area (Å²) < 4.78 is 5.09. The molecule has 0 saturated heterocycles. The molecule has 6 nitrogen and oxygen atoms in total. The molecular weight excluding hydrogens is 324 g/mol. The van der Waals surface area contributed by atoms with Gasteiger partial charge >= 0.3 is 0 Å². The van der Waals surface area contributed by atoms with E-state index in [4.69, 9.17) is 4.74 Å². The van der Waals surface area contributed by atoms with Crippen molar-refractivity contribution >= 4 is 0 Å². The van der Waals surface area contributed by atoms with Crippen LogP contribution in [-0.4, -0.2) is 45.9 Å². The van der Waals surface area contributed by atoms with Crippen LogP contribution >= 0.6 is 0 Å². The molecule has 136 valence electrons. The topological polar surface area (TPSA) is 110 Å². The van der Waals surface area contributed by atoms with E-state index < -0.39 is 0 Å². The van der Waals surface area contributed by atoms with Crippen LogP contribution in [0.1, 0.15) is 11.1 Å². The van der Waals surface area contributed by atoms with Gasteiger partial charge in [-0.1, -0.05) is 12.1 Å². The first-order valence-electron chi connectivity index (χ1n) is 8.07. The maximum absolute atomic E-state index is 9.77. The summed E-state index contributed by atoms with van der Waals surface area (Å²) in [5, 5.41) is 48.2. The number of aliphatic hydroxyl groups is 2. The molecule has 6 heteroatoms. The molecule has 0 spiro atoms. The fourth-order valence-corrected chi connectivity index (χ4v) is 2.91. The van der Waals surface area contributed by atoms with Crippen molar-refractivity contribution in [3.05, 3.63) is 47.5 Å². The molecule has 0 unspecified atom stereocenters. The highest BCUT2D eigenvalue weighted by Gasteiger charge is 2.22. The number of ether oxygens (including phenoxy) is 1. The van der Waals surface area contributed by atoms with Gasteiger partial charge in [0.15, 0.2) is 23.0 Å². The highest BCUT2D eigenvalue weighted by Crippen LogP contribution is 2.30. The highest BCUT2D eigenvalue weighted by molar-refractivity contribution is 5.42. The van der Waals surface area contributed by atoms with Crippen molar-refractivity contribution in [3.8, 4) is 23.0 Å². The lowest BCUT2D eigenvalue weighted by molar-refractivity contribution is 0.119. The fourth-order valence-electron chi connectivity index (χ4n) is 2.91. The molecular formula is C19H24O6. The van der Waals surface area contributed by atoms with Crippen molar-refractivity contribution in [1.82, 2.24) is 0 Å². The van der Waals surface area contributed by atoms with Gasteiger partial charge in [-0.15, -0.1) is 0 Å². The lowest BCUT2D eigenvalue weighted by Gasteiger charge is -2.24. The minimum absolute atomic E-state index is 0.0464. The number of benzene rings is 2. The molecule has 0 aliphatic heterocycles. The van der Waals surface area contributed by atoms with Crippen LogP contribution in [0, 0.1) is 11.8 Å². The molecule has 25 heavy (non-hydrogen) atoms. The van der Waals surface area contributed by atoms with E-state index in [1.54, 1.807) is 18.2 Å². The number of methoxy groups -OCH3 is 1. The molecule has 5 N–H and O–H groups in total. The minimum atomic E-state index is -0.228. The molecule has 0 aromatic heterocycles. The summed E-state index contributed by atoms with van der Waals surface area (Å²) in [6, 6.07) is 9.53. The van der Waals surface area contributed by atoms with Crippen molar-refractivity contribution in [1.29, 1.82) is 0 Å². The Balaban J connectivity index is 2.14. The third-order valence-corrected chi connectivity index (χ3v) is 4.42. The van der Waals surface area contributed by atoms with E-state index in [2.05, 4.69) is 0 Å². The van der Waals surface area contributed by atoms with E-state index in [-0.39, 0.29) is 42.3 Å². The molecule has 2 aromatic rings. The van der Waals surface area contributed by atoms with Gasteiger partial charge in [0.1, 0.15) is 0 Å². The number of rotatable bonds is 8. The molecule has 0 fully saturated rings. The fraction of sp³-hybridized carbons (Fsp3) is 0.368. The molecule has 0 radical (unpaired) electrons. The van der Waals surface area contributed by atoms with E-state index in [1.807, 2.05) is 0 Å². The lowest BCUT2D eigenvalue weighted by atomic mass is 9.83. The Hall–Kier alpha value is -2.44. The number of aromatic hydroxyl groups is 3. The summed E-state index contributed by atoms with van der Waals surface area (Å²) in [7, 11) is 1.47. The Morgan fingerprint density at radius 3 is 1.76 bits per heavy atom. The van der Waals surface area contributed by atoms with Gasteiger partial charge in [-0.05, 0) is 60.1 Å². The highest BCUT2D eigenvalue weighted by atomic mass is 16.5. The molecule has 0 heterocycles. The van der Waals surface area contributed by atoms with Crippen LogP contribution in [0.4, 0.5) is 0 Å². The summed E-state index contributed by atoms with van der Waals surface area (Å²) in [6.45, 7) is -0.236. The van der Waals surface area contributed by atoms with Gasteiger partial charge in [0, 0.05) is 13.2 Å². The van der Waals surface area contributed by atoms with Gasteiger partial charge in [0.2, 0.25) is 0 Å². The van der Waals surface area contributed by atoms with Gasteiger partial charge in [-0.2, -0.15) is 0 Å². The molecule has 2 atom stereocenters. The number of aliphatic hydroxyl groups excluding tert-OH is 2. The standard InChI is InChI=1S/C19H24O6/c1-25-19-9-13(3-5-17(19)23)7-15(11-21)14(10-20)6-12-2-4-16(22)18(24)8-12/h2-5,8-9,14-15,20-24H,6-7,10-11H2,1H3/t14-,15+/m0/s1. The Kier molecular flexibility index (Phi) is 6.50. The van der Waals surface area contributed by atoms with Crippen LogP contribution in [0.25, 0.3) is 0 Å². The second-order valence-electron chi connectivity index (χ2n) is 6.12. The Morgan fingerprint density at radius 2 is 1.28 bits per heavy atom. The Bertz CT molecular complexity index is 700. The maximum Gasteiger partial charge on any atom is 0.160 e. The second-order valence-corrected chi connectivity index (χ2v) is 6.12. The molecule has 2 aromatic carbocycles. The second kappa shape index (κ2) is 8.60. The first kappa shape index (κ1) is 18.9. The van der Waals surface area contributed by atoms with E-state index in [0.29, 0.717) is 18.6 Å². The number of hydrogen-bond acceptors (Lipinski definition) is 6. The SMILES string of the molecule is COc1cc(C[C@H](CO)[C@H](CO)Cc2ccc(O)c(O)c2)ccc1O. The molecule has 0 aliphatic carbocycles. The number of phenolic OH excluding ortho intramolecular Hbond substituents is 3. The van der Waals surface area contributed by atoms with Gasteiger partial charge in [-0.25, -0.2) is 0 Å². The zero-order valence-electron chi connectivity index (χ0n) is 14.1. The van der Waals surface area contributed by atoms with Gasteiger partial charge in [0.25, 0.3) is 0 Å². The molecule has 2 rings (SSSR count). The monoisotopic (exact) mass is 348 g/mol. The normalized spacial score (nSPS) is 13.4. The smallest absolute Gasteiger partial charge is 0.160 e. The lowest BCUT2D eigenvalue weighted by Crippen LogP contribution is -2.26. The predicted molar refractivity (Wildman–Crippen MR) is 93.0 cm³/mol. The average molecular weight is 348 g/mol. The van der Waals surface area contributed by atoms with E-state index in [0.717, 1.165) is 11.1 Å². The third kappa shape index (κ3) is 4.78. The quantitative estimate of drug-likeness (QED) is 0.466.